The summed E-state index contributed by atoms with van der Waals surface area (Å²) in [7, 11) is 0. The van der Waals surface area contributed by atoms with Crippen LogP contribution in [0.5, 0.6) is 11.5 Å². The van der Waals surface area contributed by atoms with Crippen molar-refractivity contribution in [1.82, 2.24) is 5.32 Å². The second-order valence-corrected chi connectivity index (χ2v) is 5.46. The van der Waals surface area contributed by atoms with Crippen LogP contribution >= 0.6 is 12.6 Å². The van der Waals surface area contributed by atoms with E-state index in [0.717, 1.165) is 22.6 Å². The Kier molecular flexibility index (Phi) is 4.15. The molecule has 21 heavy (non-hydrogen) atoms. The molecule has 0 spiro atoms. The third-order valence-electron chi connectivity index (χ3n) is 3.63. The van der Waals surface area contributed by atoms with Crippen LogP contribution in [0.2, 0.25) is 0 Å². The van der Waals surface area contributed by atoms with Gasteiger partial charge in [0.1, 0.15) is 11.5 Å². The first-order valence-electron chi connectivity index (χ1n) is 7.03. The number of thiol groups is 1. The lowest BCUT2D eigenvalue weighted by molar-refractivity contribution is -0.121. The molecule has 0 saturated heterocycles. The lowest BCUT2D eigenvalue weighted by Crippen LogP contribution is -2.27. The summed E-state index contributed by atoms with van der Waals surface area (Å²) in [5, 5.41) is 2.89. The monoisotopic (exact) mass is 299 g/mol. The van der Waals surface area contributed by atoms with E-state index in [4.69, 9.17) is 4.74 Å². The molecule has 0 saturated carbocycles. The highest BCUT2D eigenvalue weighted by atomic mass is 32.1. The Balaban J connectivity index is 1.93. The average molecular weight is 299 g/mol. The van der Waals surface area contributed by atoms with Crippen molar-refractivity contribution in [2.75, 3.05) is 12.3 Å². The molecule has 1 aliphatic heterocycles. The highest BCUT2D eigenvalue weighted by Crippen LogP contribution is 2.45. The van der Waals surface area contributed by atoms with Crippen molar-refractivity contribution < 1.29 is 9.53 Å². The Morgan fingerprint density at radius 3 is 2.19 bits per heavy atom. The SMILES string of the molecule is O=C(CC1c2ccccc2Oc2ccccc21)NCCS. The summed E-state index contributed by atoms with van der Waals surface area (Å²) in [4.78, 5) is 12.1. The van der Waals surface area contributed by atoms with E-state index >= 15 is 0 Å². The van der Waals surface area contributed by atoms with Crippen molar-refractivity contribution in [3.05, 3.63) is 59.7 Å². The number of carbonyl (C=O) groups is 1. The molecular formula is C17H17NO2S. The van der Waals surface area contributed by atoms with Gasteiger partial charge in [0.15, 0.2) is 0 Å². The molecule has 3 rings (SSSR count). The van der Waals surface area contributed by atoms with Gasteiger partial charge < -0.3 is 10.1 Å². The van der Waals surface area contributed by atoms with E-state index in [0.29, 0.717) is 18.7 Å². The zero-order valence-corrected chi connectivity index (χ0v) is 12.5. The maximum absolute atomic E-state index is 12.1. The maximum Gasteiger partial charge on any atom is 0.220 e. The van der Waals surface area contributed by atoms with E-state index in [-0.39, 0.29) is 11.8 Å². The maximum atomic E-state index is 12.1. The molecule has 1 amide bonds. The second kappa shape index (κ2) is 6.22. The molecule has 3 nitrogen and oxygen atoms in total. The average Bonchev–Trinajstić information content (AvgIpc) is 2.52. The quantitative estimate of drug-likeness (QED) is 0.850. The minimum atomic E-state index is 0.0334. The summed E-state index contributed by atoms with van der Waals surface area (Å²) in [5.74, 6) is 2.39. The Labute approximate surface area is 129 Å². The second-order valence-electron chi connectivity index (χ2n) is 5.01. The Hall–Kier alpha value is -1.94. The van der Waals surface area contributed by atoms with Gasteiger partial charge in [-0.15, -0.1) is 0 Å². The molecule has 2 aromatic carbocycles. The number of ether oxygens (including phenoxy) is 1. The Bertz CT molecular complexity index is 611. The van der Waals surface area contributed by atoms with E-state index in [1.54, 1.807) is 0 Å². The molecule has 1 heterocycles. The first-order valence-corrected chi connectivity index (χ1v) is 7.66. The summed E-state index contributed by atoms with van der Waals surface area (Å²) in [5.41, 5.74) is 2.13. The van der Waals surface area contributed by atoms with Crippen molar-refractivity contribution >= 4 is 18.5 Å². The van der Waals surface area contributed by atoms with E-state index in [1.807, 2.05) is 48.5 Å². The lowest BCUT2D eigenvalue weighted by atomic mass is 9.85. The van der Waals surface area contributed by atoms with E-state index in [2.05, 4.69) is 17.9 Å². The number of hydrogen-bond donors (Lipinski definition) is 2. The van der Waals surface area contributed by atoms with Gasteiger partial charge in [-0.3, -0.25) is 4.79 Å². The summed E-state index contributed by atoms with van der Waals surface area (Å²) >= 11 is 4.12. The van der Waals surface area contributed by atoms with Gasteiger partial charge in [-0.25, -0.2) is 0 Å². The van der Waals surface area contributed by atoms with Crippen LogP contribution in [-0.2, 0) is 4.79 Å². The van der Waals surface area contributed by atoms with Gasteiger partial charge in [0, 0.05) is 35.8 Å². The van der Waals surface area contributed by atoms with Gasteiger partial charge >= 0.3 is 0 Å². The van der Waals surface area contributed by atoms with Crippen molar-refractivity contribution in [2.45, 2.75) is 12.3 Å². The fourth-order valence-corrected chi connectivity index (χ4v) is 2.79. The minimum Gasteiger partial charge on any atom is -0.457 e. The van der Waals surface area contributed by atoms with E-state index in [9.17, 15) is 4.79 Å². The van der Waals surface area contributed by atoms with Crippen molar-refractivity contribution in [3.63, 3.8) is 0 Å². The van der Waals surface area contributed by atoms with E-state index in [1.165, 1.54) is 0 Å². The Morgan fingerprint density at radius 2 is 1.62 bits per heavy atom. The third-order valence-corrected chi connectivity index (χ3v) is 3.86. The molecule has 0 fully saturated rings. The topological polar surface area (TPSA) is 38.3 Å². The summed E-state index contributed by atoms with van der Waals surface area (Å²) in [6.45, 7) is 0.592. The van der Waals surface area contributed by atoms with Gasteiger partial charge in [-0.05, 0) is 12.1 Å². The smallest absolute Gasteiger partial charge is 0.220 e. The first kappa shape index (κ1) is 14.0. The predicted octanol–water partition coefficient (Wildman–Crippen LogP) is 3.36. The Morgan fingerprint density at radius 1 is 1.05 bits per heavy atom. The first-order chi connectivity index (χ1) is 10.3. The molecule has 0 unspecified atom stereocenters. The van der Waals surface area contributed by atoms with Gasteiger partial charge in [0.2, 0.25) is 5.91 Å². The number of hydrogen-bond acceptors (Lipinski definition) is 3. The summed E-state index contributed by atoms with van der Waals surface area (Å²) < 4.78 is 5.93. The summed E-state index contributed by atoms with van der Waals surface area (Å²) in [6.07, 6.45) is 0.422. The van der Waals surface area contributed by atoms with Crippen LogP contribution in [-0.4, -0.2) is 18.2 Å². The number of rotatable bonds is 4. The molecule has 0 atom stereocenters. The van der Waals surface area contributed by atoms with Crippen LogP contribution in [0.15, 0.2) is 48.5 Å². The molecule has 1 aliphatic rings. The van der Waals surface area contributed by atoms with Crippen molar-refractivity contribution in [3.8, 4) is 11.5 Å². The van der Waals surface area contributed by atoms with Crippen LogP contribution in [0.1, 0.15) is 23.5 Å². The number of fused-ring (bicyclic) bond motifs is 2. The molecule has 108 valence electrons. The van der Waals surface area contributed by atoms with Crippen LogP contribution < -0.4 is 10.1 Å². The highest BCUT2D eigenvalue weighted by molar-refractivity contribution is 7.80. The zero-order valence-electron chi connectivity index (χ0n) is 11.6. The van der Waals surface area contributed by atoms with Gasteiger partial charge in [-0.2, -0.15) is 12.6 Å². The molecule has 0 bridgehead atoms. The van der Waals surface area contributed by atoms with Crippen LogP contribution in [0.4, 0.5) is 0 Å². The molecule has 2 aromatic rings. The van der Waals surface area contributed by atoms with Crippen LogP contribution in [0.3, 0.4) is 0 Å². The number of amides is 1. The lowest BCUT2D eigenvalue weighted by Gasteiger charge is -2.27. The fraction of sp³-hybridized carbons (Fsp3) is 0.235. The molecular weight excluding hydrogens is 282 g/mol. The third kappa shape index (κ3) is 2.90. The molecule has 1 N–H and O–H groups in total. The zero-order chi connectivity index (χ0) is 14.7. The highest BCUT2D eigenvalue weighted by Gasteiger charge is 2.28. The van der Waals surface area contributed by atoms with Gasteiger partial charge in [0.05, 0.1) is 0 Å². The largest absolute Gasteiger partial charge is 0.457 e. The number of benzene rings is 2. The molecule has 4 heteroatoms. The van der Waals surface area contributed by atoms with Crippen molar-refractivity contribution in [2.24, 2.45) is 0 Å². The van der Waals surface area contributed by atoms with Gasteiger partial charge in [0.25, 0.3) is 0 Å². The van der Waals surface area contributed by atoms with E-state index < -0.39 is 0 Å². The molecule has 0 aromatic heterocycles. The number of carbonyl (C=O) groups excluding carboxylic acids is 1. The standard InChI is InChI=1S/C17H17NO2S/c19-17(18-9-10-21)11-14-12-5-1-3-7-15(12)20-16-8-4-2-6-13(14)16/h1-8,14,21H,9-11H2,(H,18,19). The fourth-order valence-electron chi connectivity index (χ4n) is 2.68. The van der Waals surface area contributed by atoms with Crippen LogP contribution in [0.25, 0.3) is 0 Å². The number of nitrogens with one attached hydrogen (secondary N) is 1. The number of para-hydroxylation sites is 2. The molecule has 0 aliphatic carbocycles. The summed E-state index contributed by atoms with van der Waals surface area (Å²) in [6, 6.07) is 15.8. The minimum absolute atomic E-state index is 0.0334. The molecule has 0 radical (unpaired) electrons. The van der Waals surface area contributed by atoms with Gasteiger partial charge in [-0.1, -0.05) is 36.4 Å². The van der Waals surface area contributed by atoms with Crippen molar-refractivity contribution in [1.29, 1.82) is 0 Å². The van der Waals surface area contributed by atoms with Crippen LogP contribution in [0, 0.1) is 0 Å². The normalized spacial score (nSPS) is 13.0. The predicted molar refractivity (Wildman–Crippen MR) is 86.3 cm³/mol.